The molecule has 68 heavy (non-hydrogen) atoms. The second kappa shape index (κ2) is 12.0. The van der Waals surface area contributed by atoms with Gasteiger partial charge in [-0.3, -0.25) is 9.59 Å². The van der Waals surface area contributed by atoms with Crippen LogP contribution < -0.4 is 0 Å². The monoisotopic (exact) mass is 888 g/mol. The molecule has 9 aromatic rings. The molecule has 0 aliphatic heterocycles. The highest BCUT2D eigenvalue weighted by Crippen LogP contribution is 2.64. The Labute approximate surface area is 396 Å². The molecule has 0 saturated heterocycles. The zero-order valence-electron chi connectivity index (χ0n) is 39.4. The third-order valence-corrected chi connectivity index (χ3v) is 23.1. The predicted molar refractivity (Wildman–Crippen MR) is 274 cm³/mol. The van der Waals surface area contributed by atoms with Gasteiger partial charge in [0.1, 0.15) is 0 Å². The van der Waals surface area contributed by atoms with E-state index in [0.717, 1.165) is 98.0 Å². The first-order valence-corrected chi connectivity index (χ1v) is 27.9. The van der Waals surface area contributed by atoms with Crippen molar-refractivity contribution in [2.45, 2.75) is 151 Å². The van der Waals surface area contributed by atoms with Gasteiger partial charge in [-0.25, -0.2) is 0 Å². The summed E-state index contributed by atoms with van der Waals surface area (Å²) in [4.78, 5) is 29.0. The highest BCUT2D eigenvalue weighted by Gasteiger charge is 2.53. The van der Waals surface area contributed by atoms with Gasteiger partial charge in [0.05, 0.1) is 33.1 Å². The third kappa shape index (κ3) is 4.34. The van der Waals surface area contributed by atoms with Crippen molar-refractivity contribution in [2.75, 3.05) is 0 Å². The van der Waals surface area contributed by atoms with Gasteiger partial charge in [-0.15, -0.1) is 0 Å². The quantitative estimate of drug-likeness (QED) is 0.174. The van der Waals surface area contributed by atoms with Gasteiger partial charge in [-0.2, -0.15) is 0 Å². The largest absolute Gasteiger partial charge is 0.308 e. The van der Waals surface area contributed by atoms with Gasteiger partial charge in [0.15, 0.2) is 11.6 Å². The number of fused-ring (bicyclic) bond motifs is 16. The molecule has 4 aromatic heterocycles. The Bertz CT molecular complexity index is 3520. The molecular weight excluding hydrogens is 829 g/mol. The minimum atomic E-state index is 0.176. The maximum Gasteiger partial charge on any atom is 0.166 e. The Morgan fingerprint density at radius 3 is 0.971 bits per heavy atom. The highest BCUT2D eigenvalue weighted by molar-refractivity contribution is 6.30. The summed E-state index contributed by atoms with van der Waals surface area (Å²) in [6.07, 6.45) is 25.6. The minimum absolute atomic E-state index is 0.176. The first-order chi connectivity index (χ1) is 33.3. The summed E-state index contributed by atoms with van der Waals surface area (Å²) in [6.45, 7) is 0. The molecule has 0 atom stereocenters. The Morgan fingerprint density at radius 2 is 0.632 bits per heavy atom. The van der Waals surface area contributed by atoms with E-state index in [1.807, 2.05) is 0 Å². The van der Waals surface area contributed by atoms with E-state index in [0.29, 0.717) is 23.4 Å². The molecule has 0 N–H and O–H groups in total. The number of carbonyl (C=O) groups excluding carboxylic acids is 2. The van der Waals surface area contributed by atoms with Crippen molar-refractivity contribution in [1.29, 1.82) is 0 Å². The van der Waals surface area contributed by atoms with Crippen LogP contribution in [0.3, 0.4) is 0 Å². The summed E-state index contributed by atoms with van der Waals surface area (Å²) in [5.74, 6) is 7.41. The molecule has 5 aromatic carbocycles. The standard InChI is InChI=1S/C64H60N2O2/c67-61-39-5-1-37(2-6-39)43-19-45-49-15-41(63-25-31-9-32(26-63)11-33(10-31)27-63)17-51-47-22-56-48(21-55(47)65(59(49)51)57(45)23-53(43)61)52-18-42(64-28-34-12-35(29-64)14-36(13-34)30-64)16-50-46-20-44-38-3-7-40(8-4-38)62(68)54(44)24-58(46)66(56)60(50)52/h15-24,31-40H,1-14,25-30H2. The minimum Gasteiger partial charge on any atom is -0.308 e. The van der Waals surface area contributed by atoms with Crippen molar-refractivity contribution in [1.82, 2.24) is 8.80 Å². The van der Waals surface area contributed by atoms with Crippen LogP contribution in [0.5, 0.6) is 0 Å². The number of nitrogens with zero attached hydrogens (tertiary/aromatic N) is 2. The molecule has 12 bridgehead atoms. The molecule has 0 spiro atoms. The number of Topliss-reactive ketones (excluding diaryl/α,β-unsaturated/α-hetero) is 2. The SMILES string of the molecule is O=C1c2cc3c(cc2C2CCC1CC2)c1cc(C24CC5CC(CC(C5)C2)C4)cc2c4cc5c(cc4n3c12)c1cc(C23CC4CC(CC(C4)C2)C3)cc2c3cc4c(cc3n5c21)C(=O)C1CCC4CC1. The van der Waals surface area contributed by atoms with E-state index in [-0.39, 0.29) is 22.7 Å². The highest BCUT2D eigenvalue weighted by atomic mass is 16.1. The molecule has 338 valence electrons. The van der Waals surface area contributed by atoms with Crippen molar-refractivity contribution in [3.05, 3.63) is 94.0 Å². The fourth-order valence-electron chi connectivity index (χ4n) is 21.1. The normalized spacial score (nSPS) is 36.7. The van der Waals surface area contributed by atoms with Crippen LogP contribution >= 0.6 is 0 Å². The number of aromatic nitrogens is 2. The van der Waals surface area contributed by atoms with E-state index >= 15 is 0 Å². The number of benzene rings is 5. The molecule has 4 heterocycles. The number of ketones is 2. The Kier molecular flexibility index (Phi) is 6.50. The summed E-state index contributed by atoms with van der Waals surface area (Å²) in [6, 6.07) is 25.9. The predicted octanol–water partition coefficient (Wildman–Crippen LogP) is 15.9. The average Bonchev–Trinajstić information content (AvgIpc) is 3.96. The average molecular weight is 889 g/mol. The van der Waals surface area contributed by atoms with Crippen LogP contribution in [0.15, 0.2) is 60.7 Å². The number of rotatable bonds is 2. The second-order valence-corrected chi connectivity index (χ2v) is 26.5. The molecule has 10 fully saturated rings. The van der Waals surface area contributed by atoms with Crippen molar-refractivity contribution in [3.8, 4) is 0 Å². The third-order valence-electron chi connectivity index (χ3n) is 23.1. The topological polar surface area (TPSA) is 43.0 Å². The van der Waals surface area contributed by atoms with Gasteiger partial charge < -0.3 is 8.80 Å². The van der Waals surface area contributed by atoms with Gasteiger partial charge in [0, 0.05) is 66.1 Å². The zero-order valence-corrected chi connectivity index (χ0v) is 39.4. The maximum absolute atomic E-state index is 14.5. The summed E-state index contributed by atoms with van der Waals surface area (Å²) < 4.78 is 5.28. The van der Waals surface area contributed by atoms with Crippen LogP contribution in [0.25, 0.3) is 76.2 Å². The van der Waals surface area contributed by atoms with Crippen LogP contribution in [0, 0.1) is 47.3 Å². The molecule has 10 saturated carbocycles. The molecule has 0 unspecified atom stereocenters. The van der Waals surface area contributed by atoms with Crippen molar-refractivity contribution >= 4 is 87.8 Å². The van der Waals surface area contributed by atoms with Crippen molar-refractivity contribution < 1.29 is 9.59 Å². The van der Waals surface area contributed by atoms with E-state index in [1.165, 1.54) is 164 Å². The number of carbonyl (C=O) groups is 2. The molecule has 0 radical (unpaired) electrons. The molecule has 4 nitrogen and oxygen atoms in total. The second-order valence-electron chi connectivity index (χ2n) is 26.5. The molecule has 4 heteroatoms. The van der Waals surface area contributed by atoms with Crippen molar-refractivity contribution in [2.24, 2.45) is 47.3 Å². The fraction of sp³-hybridized carbons (Fsp3) is 0.500. The number of hydrogen-bond donors (Lipinski definition) is 0. The van der Waals surface area contributed by atoms with E-state index in [4.69, 9.17) is 0 Å². The van der Waals surface area contributed by atoms with Gasteiger partial charge in [0.2, 0.25) is 0 Å². The summed E-state index contributed by atoms with van der Waals surface area (Å²) in [5.41, 5.74) is 16.3. The van der Waals surface area contributed by atoms with E-state index < -0.39 is 0 Å². The van der Waals surface area contributed by atoms with Crippen LogP contribution in [0.4, 0.5) is 0 Å². The Balaban J connectivity index is 0.949. The lowest BCUT2D eigenvalue weighted by Crippen LogP contribution is -2.48. The fourth-order valence-corrected chi connectivity index (χ4v) is 21.1. The van der Waals surface area contributed by atoms with E-state index in [1.54, 1.807) is 11.1 Å². The van der Waals surface area contributed by atoms with E-state index in [9.17, 15) is 9.59 Å². The molecule has 23 rings (SSSR count). The first kappa shape index (κ1) is 36.9. The van der Waals surface area contributed by atoms with Crippen LogP contribution in [-0.4, -0.2) is 20.4 Å². The van der Waals surface area contributed by atoms with Crippen LogP contribution in [0.2, 0.25) is 0 Å². The Morgan fingerprint density at radius 1 is 0.338 bits per heavy atom. The smallest absolute Gasteiger partial charge is 0.166 e. The van der Waals surface area contributed by atoms with Gasteiger partial charge in [-0.1, -0.05) is 0 Å². The maximum atomic E-state index is 14.5. The number of hydrogen-bond acceptors (Lipinski definition) is 2. The lowest BCUT2D eigenvalue weighted by atomic mass is 9.48. The van der Waals surface area contributed by atoms with Gasteiger partial charge in [0.25, 0.3) is 0 Å². The lowest BCUT2D eigenvalue weighted by molar-refractivity contribution is -0.00520. The van der Waals surface area contributed by atoms with Crippen molar-refractivity contribution in [3.63, 3.8) is 0 Å². The van der Waals surface area contributed by atoms with Gasteiger partial charge >= 0.3 is 0 Å². The summed E-state index contributed by atoms with van der Waals surface area (Å²) in [5, 5.41) is 11.1. The van der Waals surface area contributed by atoms with E-state index in [2.05, 4.69) is 69.5 Å². The molecular formula is C64H60N2O2. The first-order valence-electron chi connectivity index (χ1n) is 27.9. The molecule has 14 aliphatic rings. The van der Waals surface area contributed by atoms with Crippen LogP contribution in [-0.2, 0) is 10.8 Å². The molecule has 14 aliphatic carbocycles. The van der Waals surface area contributed by atoms with Crippen LogP contribution in [0.1, 0.15) is 183 Å². The Hall–Kier alpha value is -4.96. The zero-order chi connectivity index (χ0) is 43.8. The van der Waals surface area contributed by atoms with Gasteiger partial charge in [-0.05, 0) is 270 Å². The molecule has 0 amide bonds. The summed E-state index contributed by atoms with van der Waals surface area (Å²) in [7, 11) is 0. The lowest BCUT2D eigenvalue weighted by Gasteiger charge is -2.57. The summed E-state index contributed by atoms with van der Waals surface area (Å²) >= 11 is 0.